The van der Waals surface area contributed by atoms with Gasteiger partial charge in [-0.15, -0.1) is 11.8 Å². The Bertz CT molecular complexity index is 478. The third-order valence-corrected chi connectivity index (χ3v) is 7.02. The van der Waals surface area contributed by atoms with E-state index in [4.69, 9.17) is 9.97 Å². The average molecular weight is 310 g/mol. The fourth-order valence-electron chi connectivity index (χ4n) is 2.88. The largest absolute Gasteiger partial charge is 0.370 e. The summed E-state index contributed by atoms with van der Waals surface area (Å²) in [5.74, 6) is 4.66. The van der Waals surface area contributed by atoms with Gasteiger partial charge in [-0.3, -0.25) is 0 Å². The van der Waals surface area contributed by atoms with E-state index in [-0.39, 0.29) is 0 Å². The Morgan fingerprint density at radius 2 is 2.05 bits per heavy atom. The van der Waals surface area contributed by atoms with Crippen LogP contribution in [0.1, 0.15) is 49.0 Å². The Morgan fingerprint density at radius 3 is 2.85 bits per heavy atom. The normalized spacial score (nSPS) is 25.5. The molecule has 0 amide bonds. The van der Waals surface area contributed by atoms with Crippen LogP contribution in [0.3, 0.4) is 0 Å². The average Bonchev–Trinajstić information content (AvgIpc) is 2.93. The van der Waals surface area contributed by atoms with Crippen molar-refractivity contribution in [3.05, 3.63) is 17.1 Å². The van der Waals surface area contributed by atoms with Gasteiger partial charge in [0.2, 0.25) is 0 Å². The van der Waals surface area contributed by atoms with Gasteiger partial charge in [0.25, 0.3) is 0 Å². The molecule has 1 saturated heterocycles. The van der Waals surface area contributed by atoms with Crippen molar-refractivity contribution in [2.75, 3.05) is 23.4 Å². The van der Waals surface area contributed by atoms with Crippen LogP contribution in [0.4, 0.5) is 5.82 Å². The molecular formula is C15H23N3S2. The SMILES string of the molecule is CCCNc1nc(C2SCCSC2C)nc2c1CCC2. The maximum absolute atomic E-state index is 4.91. The molecule has 2 aliphatic rings. The van der Waals surface area contributed by atoms with E-state index in [2.05, 4.69) is 30.9 Å². The summed E-state index contributed by atoms with van der Waals surface area (Å²) in [6.07, 6.45) is 4.64. The highest BCUT2D eigenvalue weighted by Gasteiger charge is 2.29. The number of aromatic nitrogens is 2. The number of nitrogens with one attached hydrogen (secondary N) is 1. The van der Waals surface area contributed by atoms with Crippen LogP contribution >= 0.6 is 23.5 Å². The van der Waals surface area contributed by atoms with Gasteiger partial charge in [-0.2, -0.15) is 11.8 Å². The Morgan fingerprint density at radius 1 is 1.20 bits per heavy atom. The summed E-state index contributed by atoms with van der Waals surface area (Å²) in [7, 11) is 0. The first-order valence-electron chi connectivity index (χ1n) is 7.66. The number of anilines is 1. The van der Waals surface area contributed by atoms with E-state index in [0.29, 0.717) is 10.5 Å². The van der Waals surface area contributed by atoms with Crippen LogP contribution in [0.2, 0.25) is 0 Å². The second-order valence-corrected chi connectivity index (χ2v) is 8.24. The van der Waals surface area contributed by atoms with E-state index in [9.17, 15) is 0 Å². The van der Waals surface area contributed by atoms with Crippen molar-refractivity contribution in [1.82, 2.24) is 9.97 Å². The molecule has 0 spiro atoms. The molecule has 3 rings (SSSR count). The quantitative estimate of drug-likeness (QED) is 0.918. The van der Waals surface area contributed by atoms with Crippen LogP contribution < -0.4 is 5.32 Å². The van der Waals surface area contributed by atoms with Gasteiger partial charge in [-0.25, -0.2) is 9.97 Å². The summed E-state index contributed by atoms with van der Waals surface area (Å²) in [6, 6.07) is 0. The van der Waals surface area contributed by atoms with Gasteiger partial charge in [0.15, 0.2) is 0 Å². The summed E-state index contributed by atoms with van der Waals surface area (Å²) >= 11 is 4.09. The van der Waals surface area contributed by atoms with Gasteiger partial charge in [-0.1, -0.05) is 13.8 Å². The third kappa shape index (κ3) is 2.93. The first-order chi connectivity index (χ1) is 9.79. The molecule has 0 aromatic carbocycles. The highest BCUT2D eigenvalue weighted by Crippen LogP contribution is 2.42. The number of thioether (sulfide) groups is 2. The Kier molecular flexibility index (Phi) is 4.76. The number of rotatable bonds is 4. The topological polar surface area (TPSA) is 37.8 Å². The molecule has 5 heteroatoms. The van der Waals surface area contributed by atoms with Gasteiger partial charge in [0, 0.05) is 34.6 Å². The van der Waals surface area contributed by atoms with Crippen molar-refractivity contribution in [1.29, 1.82) is 0 Å². The van der Waals surface area contributed by atoms with Crippen LogP contribution in [0, 0.1) is 0 Å². The Hall–Kier alpha value is -0.420. The molecule has 0 bridgehead atoms. The molecule has 20 heavy (non-hydrogen) atoms. The summed E-state index contributed by atoms with van der Waals surface area (Å²) < 4.78 is 0. The predicted octanol–water partition coefficient (Wildman–Crippen LogP) is 3.70. The second-order valence-electron chi connectivity index (χ2n) is 5.50. The fourth-order valence-corrected chi connectivity index (χ4v) is 5.57. The first kappa shape index (κ1) is 14.5. The summed E-state index contributed by atoms with van der Waals surface area (Å²) in [4.78, 5) is 9.81. The monoisotopic (exact) mass is 309 g/mol. The number of aryl methyl sites for hydroxylation is 1. The first-order valence-corrected chi connectivity index (χ1v) is 9.76. The fraction of sp³-hybridized carbons (Fsp3) is 0.733. The summed E-state index contributed by atoms with van der Waals surface area (Å²) in [6.45, 7) is 5.52. The lowest BCUT2D eigenvalue weighted by molar-refractivity contribution is 0.804. The minimum absolute atomic E-state index is 0.460. The van der Waals surface area contributed by atoms with E-state index in [1.807, 2.05) is 11.8 Å². The summed E-state index contributed by atoms with van der Waals surface area (Å²) in [5.41, 5.74) is 2.68. The molecule has 2 atom stereocenters. The predicted molar refractivity (Wildman–Crippen MR) is 90.0 cm³/mol. The number of hydrogen-bond acceptors (Lipinski definition) is 5. The number of fused-ring (bicyclic) bond motifs is 1. The summed E-state index contributed by atoms with van der Waals surface area (Å²) in [5, 5.41) is 4.60. The van der Waals surface area contributed by atoms with Crippen LogP contribution in [0.25, 0.3) is 0 Å². The van der Waals surface area contributed by atoms with Gasteiger partial charge >= 0.3 is 0 Å². The highest BCUT2D eigenvalue weighted by molar-refractivity contribution is 8.06. The van der Waals surface area contributed by atoms with Crippen LogP contribution in [-0.2, 0) is 12.8 Å². The zero-order chi connectivity index (χ0) is 13.9. The van der Waals surface area contributed by atoms with E-state index in [0.717, 1.165) is 37.4 Å². The molecule has 3 nitrogen and oxygen atoms in total. The lowest BCUT2D eigenvalue weighted by atomic mass is 10.2. The van der Waals surface area contributed by atoms with Crippen molar-refractivity contribution < 1.29 is 0 Å². The second kappa shape index (κ2) is 6.56. The van der Waals surface area contributed by atoms with Crippen LogP contribution in [-0.4, -0.2) is 33.3 Å². The Balaban J connectivity index is 1.91. The molecule has 2 unspecified atom stereocenters. The minimum atomic E-state index is 0.460. The van der Waals surface area contributed by atoms with Crippen LogP contribution in [0.5, 0.6) is 0 Å². The maximum Gasteiger partial charge on any atom is 0.145 e. The molecular weight excluding hydrogens is 286 g/mol. The van der Waals surface area contributed by atoms with Gasteiger partial charge < -0.3 is 5.32 Å². The molecule has 1 aliphatic carbocycles. The van der Waals surface area contributed by atoms with Crippen molar-refractivity contribution in [2.45, 2.75) is 50.0 Å². The van der Waals surface area contributed by atoms with Crippen molar-refractivity contribution >= 4 is 29.3 Å². The minimum Gasteiger partial charge on any atom is -0.370 e. The van der Waals surface area contributed by atoms with E-state index in [1.165, 1.54) is 29.2 Å². The molecule has 1 aromatic heterocycles. The van der Waals surface area contributed by atoms with Gasteiger partial charge in [0.05, 0.1) is 5.25 Å². The smallest absolute Gasteiger partial charge is 0.145 e. The molecule has 110 valence electrons. The van der Waals surface area contributed by atoms with Crippen molar-refractivity contribution in [2.24, 2.45) is 0 Å². The standard InChI is InChI=1S/C15H23N3S2/c1-3-7-16-14-11-5-4-6-12(11)17-15(18-14)13-10(2)19-8-9-20-13/h10,13H,3-9H2,1-2H3,(H,16,17,18). The molecule has 0 saturated carbocycles. The number of hydrogen-bond donors (Lipinski definition) is 1. The van der Waals surface area contributed by atoms with Gasteiger partial charge in [0.1, 0.15) is 11.6 Å². The molecule has 1 N–H and O–H groups in total. The van der Waals surface area contributed by atoms with Crippen molar-refractivity contribution in [3.8, 4) is 0 Å². The third-order valence-electron chi connectivity index (χ3n) is 3.94. The van der Waals surface area contributed by atoms with E-state index in [1.54, 1.807) is 0 Å². The zero-order valence-electron chi connectivity index (χ0n) is 12.3. The van der Waals surface area contributed by atoms with E-state index < -0.39 is 0 Å². The highest BCUT2D eigenvalue weighted by atomic mass is 32.2. The van der Waals surface area contributed by atoms with Crippen molar-refractivity contribution in [3.63, 3.8) is 0 Å². The molecule has 1 aromatic rings. The number of nitrogens with zero attached hydrogens (tertiary/aromatic N) is 2. The lowest BCUT2D eigenvalue weighted by Gasteiger charge is -2.27. The van der Waals surface area contributed by atoms with E-state index >= 15 is 0 Å². The molecule has 1 aliphatic heterocycles. The zero-order valence-corrected chi connectivity index (χ0v) is 13.9. The molecule has 2 heterocycles. The molecule has 1 fully saturated rings. The van der Waals surface area contributed by atoms with Crippen LogP contribution in [0.15, 0.2) is 0 Å². The maximum atomic E-state index is 4.91. The lowest BCUT2D eigenvalue weighted by Crippen LogP contribution is -2.20. The Labute approximate surface area is 130 Å². The molecule has 0 radical (unpaired) electrons. The van der Waals surface area contributed by atoms with Gasteiger partial charge in [-0.05, 0) is 25.7 Å².